The average molecular weight is 424 g/mol. The summed E-state index contributed by atoms with van der Waals surface area (Å²) >= 11 is 1.17. The molecule has 3 aromatic rings. The number of nitrogens with zero attached hydrogens (tertiary/aromatic N) is 3. The van der Waals surface area contributed by atoms with Gasteiger partial charge < -0.3 is 5.32 Å². The summed E-state index contributed by atoms with van der Waals surface area (Å²) in [6.07, 6.45) is 3.95. The van der Waals surface area contributed by atoms with E-state index in [1.54, 1.807) is 28.8 Å². The molecule has 0 aliphatic heterocycles. The van der Waals surface area contributed by atoms with Crippen molar-refractivity contribution >= 4 is 39.9 Å². The predicted octanol–water partition coefficient (Wildman–Crippen LogP) is 4.15. The van der Waals surface area contributed by atoms with Crippen molar-refractivity contribution in [1.29, 1.82) is 0 Å². The zero-order chi connectivity index (χ0) is 21.1. The number of amides is 1. The Morgan fingerprint density at radius 1 is 1.17 bits per heavy atom. The summed E-state index contributed by atoms with van der Waals surface area (Å²) in [5, 5.41) is 14.8. The molecule has 2 aromatic carbocycles. The Balaban J connectivity index is 1.59. The Hall–Kier alpha value is -3.20. The lowest BCUT2D eigenvalue weighted by Crippen LogP contribution is -2.27. The highest BCUT2D eigenvalue weighted by Gasteiger charge is 2.23. The van der Waals surface area contributed by atoms with Gasteiger partial charge in [-0.15, -0.1) is 0 Å². The number of nitro groups is 1. The van der Waals surface area contributed by atoms with Crippen molar-refractivity contribution in [2.24, 2.45) is 0 Å². The number of thioether (sulfide) groups is 1. The maximum absolute atomic E-state index is 13.1. The molecule has 0 saturated heterocycles. The van der Waals surface area contributed by atoms with Crippen LogP contribution in [0.25, 0.3) is 10.9 Å². The third kappa shape index (κ3) is 4.06. The van der Waals surface area contributed by atoms with Crippen LogP contribution in [0.4, 0.5) is 11.4 Å². The number of carbonyl (C=O) groups excluding carboxylic acids is 1. The maximum Gasteiger partial charge on any atom is 0.292 e. The molecular formula is C21H20N4O4S. The van der Waals surface area contributed by atoms with Gasteiger partial charge in [0.05, 0.1) is 21.6 Å². The van der Waals surface area contributed by atoms with E-state index in [0.29, 0.717) is 16.1 Å². The van der Waals surface area contributed by atoms with Crippen LogP contribution in [-0.4, -0.2) is 26.1 Å². The van der Waals surface area contributed by atoms with Gasteiger partial charge in [0, 0.05) is 12.1 Å². The molecular weight excluding hydrogens is 404 g/mol. The fraction of sp³-hybridized carbons (Fsp3) is 0.286. The summed E-state index contributed by atoms with van der Waals surface area (Å²) < 4.78 is 1.72. The first kappa shape index (κ1) is 20.1. The van der Waals surface area contributed by atoms with Gasteiger partial charge in [-0.2, -0.15) is 0 Å². The molecule has 4 rings (SSSR count). The molecule has 0 atom stereocenters. The second kappa shape index (κ2) is 8.66. The minimum absolute atomic E-state index is 0.0104. The standard InChI is InChI=1S/C21H20N4O4S/c26-19(22-17-11-5-6-12-18(17)25(28)29)13-30-21-23-16-10-4-3-9-15(16)20(27)24(21)14-7-1-2-8-14/h3-6,9-12,14H,1-2,7-8,13H2,(H,22,26). The van der Waals surface area contributed by atoms with Gasteiger partial charge >= 0.3 is 0 Å². The number of carbonyl (C=O) groups is 1. The Morgan fingerprint density at radius 3 is 2.63 bits per heavy atom. The van der Waals surface area contributed by atoms with E-state index in [-0.39, 0.29) is 28.7 Å². The van der Waals surface area contributed by atoms with Crippen molar-refractivity contribution in [2.75, 3.05) is 11.1 Å². The lowest BCUT2D eigenvalue weighted by Gasteiger charge is -2.18. The number of aromatic nitrogens is 2. The number of hydrogen-bond donors (Lipinski definition) is 1. The number of anilines is 1. The van der Waals surface area contributed by atoms with Gasteiger partial charge in [-0.25, -0.2) is 4.98 Å². The first-order valence-electron chi connectivity index (χ1n) is 9.72. The summed E-state index contributed by atoms with van der Waals surface area (Å²) in [6.45, 7) is 0. The van der Waals surface area contributed by atoms with Gasteiger partial charge in [0.1, 0.15) is 5.69 Å². The van der Waals surface area contributed by atoms with Crippen LogP contribution in [0.3, 0.4) is 0 Å². The second-order valence-electron chi connectivity index (χ2n) is 7.14. The Bertz CT molecular complexity index is 1170. The van der Waals surface area contributed by atoms with Gasteiger partial charge in [0.25, 0.3) is 11.2 Å². The zero-order valence-electron chi connectivity index (χ0n) is 16.1. The van der Waals surface area contributed by atoms with Crippen molar-refractivity contribution in [1.82, 2.24) is 9.55 Å². The number of rotatable bonds is 6. The number of nitro benzene ring substituents is 1. The van der Waals surface area contributed by atoms with E-state index in [1.807, 2.05) is 12.1 Å². The minimum atomic E-state index is -0.536. The van der Waals surface area contributed by atoms with E-state index in [9.17, 15) is 19.7 Å². The zero-order valence-corrected chi connectivity index (χ0v) is 16.9. The van der Waals surface area contributed by atoms with E-state index in [4.69, 9.17) is 0 Å². The van der Waals surface area contributed by atoms with Gasteiger partial charge in [-0.1, -0.05) is 48.9 Å². The Morgan fingerprint density at radius 2 is 1.87 bits per heavy atom. The molecule has 1 aliphatic rings. The van der Waals surface area contributed by atoms with Crippen molar-refractivity contribution in [2.45, 2.75) is 36.9 Å². The molecule has 1 fully saturated rings. The highest BCUT2D eigenvalue weighted by molar-refractivity contribution is 7.99. The average Bonchev–Trinajstić information content (AvgIpc) is 3.27. The fourth-order valence-electron chi connectivity index (χ4n) is 3.77. The second-order valence-corrected chi connectivity index (χ2v) is 8.08. The molecule has 1 aliphatic carbocycles. The van der Waals surface area contributed by atoms with Crippen molar-refractivity contribution in [3.63, 3.8) is 0 Å². The molecule has 9 heteroatoms. The SMILES string of the molecule is O=C(CSc1nc2ccccc2c(=O)n1C1CCCC1)Nc1ccccc1[N+](=O)[O-]. The normalized spacial score (nSPS) is 14.1. The van der Waals surface area contributed by atoms with Crippen LogP contribution in [0, 0.1) is 10.1 Å². The fourth-order valence-corrected chi connectivity index (χ4v) is 4.63. The van der Waals surface area contributed by atoms with Crippen LogP contribution in [0.1, 0.15) is 31.7 Å². The molecule has 154 valence electrons. The third-order valence-electron chi connectivity index (χ3n) is 5.17. The number of nitrogens with one attached hydrogen (secondary N) is 1. The van der Waals surface area contributed by atoms with E-state index in [1.165, 1.54) is 23.9 Å². The molecule has 1 saturated carbocycles. The summed E-state index contributed by atoms with van der Waals surface area (Å²) in [5.41, 5.74) is 0.489. The molecule has 8 nitrogen and oxygen atoms in total. The minimum Gasteiger partial charge on any atom is -0.320 e. The van der Waals surface area contributed by atoms with Gasteiger partial charge in [-0.3, -0.25) is 24.3 Å². The number of para-hydroxylation sites is 3. The molecule has 30 heavy (non-hydrogen) atoms. The number of hydrogen-bond acceptors (Lipinski definition) is 6. The third-order valence-corrected chi connectivity index (χ3v) is 6.13. The van der Waals surface area contributed by atoms with Crippen LogP contribution in [0.5, 0.6) is 0 Å². The molecule has 1 heterocycles. The van der Waals surface area contributed by atoms with Crippen LogP contribution in [-0.2, 0) is 4.79 Å². The maximum atomic E-state index is 13.1. The predicted molar refractivity (Wildman–Crippen MR) is 116 cm³/mol. The van der Waals surface area contributed by atoms with Crippen LogP contribution in [0.2, 0.25) is 0 Å². The summed E-state index contributed by atoms with van der Waals surface area (Å²) in [4.78, 5) is 40.8. The van der Waals surface area contributed by atoms with Crippen molar-refractivity contribution in [3.8, 4) is 0 Å². The molecule has 1 N–H and O–H groups in total. The van der Waals surface area contributed by atoms with E-state index in [0.717, 1.165) is 25.7 Å². The van der Waals surface area contributed by atoms with Gasteiger partial charge in [0.2, 0.25) is 5.91 Å². The lowest BCUT2D eigenvalue weighted by atomic mass is 10.2. The van der Waals surface area contributed by atoms with Crippen LogP contribution >= 0.6 is 11.8 Å². The molecule has 0 unspecified atom stereocenters. The first-order valence-corrected chi connectivity index (χ1v) is 10.7. The quantitative estimate of drug-likeness (QED) is 0.276. The molecule has 1 aromatic heterocycles. The summed E-state index contributed by atoms with van der Waals surface area (Å²) in [7, 11) is 0. The number of benzene rings is 2. The lowest BCUT2D eigenvalue weighted by molar-refractivity contribution is -0.383. The van der Waals surface area contributed by atoms with Gasteiger partial charge in [-0.05, 0) is 31.0 Å². The monoisotopic (exact) mass is 424 g/mol. The molecule has 0 spiro atoms. The number of fused-ring (bicyclic) bond motifs is 1. The van der Waals surface area contributed by atoms with Gasteiger partial charge in [0.15, 0.2) is 5.16 Å². The smallest absolute Gasteiger partial charge is 0.292 e. The summed E-state index contributed by atoms with van der Waals surface area (Å²) in [6, 6.07) is 13.3. The van der Waals surface area contributed by atoms with Crippen LogP contribution in [0.15, 0.2) is 58.5 Å². The van der Waals surface area contributed by atoms with Crippen LogP contribution < -0.4 is 10.9 Å². The molecule has 0 radical (unpaired) electrons. The van der Waals surface area contributed by atoms with Crippen molar-refractivity contribution in [3.05, 3.63) is 69.0 Å². The van der Waals surface area contributed by atoms with E-state index in [2.05, 4.69) is 10.3 Å². The largest absolute Gasteiger partial charge is 0.320 e. The Kier molecular flexibility index (Phi) is 5.80. The molecule has 1 amide bonds. The van der Waals surface area contributed by atoms with E-state index < -0.39 is 10.8 Å². The highest BCUT2D eigenvalue weighted by Crippen LogP contribution is 2.32. The van der Waals surface area contributed by atoms with Crippen molar-refractivity contribution < 1.29 is 9.72 Å². The topological polar surface area (TPSA) is 107 Å². The highest BCUT2D eigenvalue weighted by atomic mass is 32.2. The Labute approximate surface area is 176 Å². The van der Waals surface area contributed by atoms with E-state index >= 15 is 0 Å². The molecule has 0 bridgehead atoms. The first-order chi connectivity index (χ1) is 14.5. The summed E-state index contributed by atoms with van der Waals surface area (Å²) in [5.74, 6) is -0.404.